The third kappa shape index (κ3) is 12.0. The fourth-order valence-electron chi connectivity index (χ4n) is 8.05. The minimum atomic E-state index is -3.31. The molecule has 4 aliphatic heterocycles. The van der Waals surface area contributed by atoms with Gasteiger partial charge in [0.2, 0.25) is 17.7 Å². The molecule has 0 spiro atoms. The molecule has 22 atom stereocenters. The maximum Gasteiger partial charge on any atom is 0.364 e. The Balaban J connectivity index is 1.66. The molecule has 0 saturated carbocycles. The fraction of sp³-hybridized carbons (Fsp3) is 0.861. The molecular weight excluding hydrogens is 906 g/mol. The highest BCUT2D eigenvalue weighted by atomic mass is 16.8. The van der Waals surface area contributed by atoms with E-state index in [1.807, 2.05) is 0 Å². The number of aliphatic carboxylic acids is 2. The van der Waals surface area contributed by atoms with Crippen molar-refractivity contribution in [2.75, 3.05) is 26.4 Å². The molecule has 0 aromatic heterocycles. The monoisotopic (exact) mass is 965 g/mol. The number of aliphatic hydroxyl groups is 13. The van der Waals surface area contributed by atoms with Crippen LogP contribution in [0.25, 0.3) is 0 Å². The summed E-state index contributed by atoms with van der Waals surface area (Å²) in [6.07, 6.45) is -37.9. The Morgan fingerprint density at radius 1 is 0.621 bits per heavy atom. The number of hydrogen-bond acceptors (Lipinski definition) is 25. The van der Waals surface area contributed by atoms with E-state index in [4.69, 9.17) is 33.2 Å². The molecular formula is C36H59N3O27. The maximum absolute atomic E-state index is 13.1. The number of carbonyl (C=O) groups is 5. The van der Waals surface area contributed by atoms with Crippen LogP contribution >= 0.6 is 0 Å². The number of carboxylic acids is 2. The van der Waals surface area contributed by atoms with Gasteiger partial charge in [-0.2, -0.15) is 0 Å². The van der Waals surface area contributed by atoms with E-state index in [9.17, 15) is 101 Å². The molecule has 30 heteroatoms. The number of carboxylic acid groups (broad SMARTS) is 2. The van der Waals surface area contributed by atoms with Gasteiger partial charge < -0.3 is 126 Å². The zero-order valence-corrected chi connectivity index (χ0v) is 35.4. The SMILES string of the molecule is CC(=O)N[C@H]1[C@H]([C@H](O)[C@H](O)CO)O[C@@](OC[C@@H](O)[C@@H](O)[C@@H]2O[C@@](O[C@H]3[C@@H](O)[C@@H](CO)O[C@@H](O[C@H]4[C@H](O)[C@@H](CO)OC(O)[C@@H]4NC(C)=O)[C@@H]3O)(C(=O)O)C[C@H](O)[C@H]2NC(C)=O)(C(=O)O)C[C@@H]1O. The first-order chi connectivity index (χ1) is 30.8. The summed E-state index contributed by atoms with van der Waals surface area (Å²) in [5.74, 6) is -13.1. The minimum absolute atomic E-state index is 0.786. The van der Waals surface area contributed by atoms with Gasteiger partial charge >= 0.3 is 11.9 Å². The smallest absolute Gasteiger partial charge is 0.364 e. The molecule has 4 heterocycles. The number of amides is 3. The molecule has 4 saturated heterocycles. The summed E-state index contributed by atoms with van der Waals surface area (Å²) in [5, 5.41) is 167. The highest BCUT2D eigenvalue weighted by Crippen LogP contribution is 2.39. The molecule has 380 valence electrons. The van der Waals surface area contributed by atoms with Gasteiger partial charge in [0.1, 0.15) is 85.4 Å². The molecule has 4 rings (SSSR count). The van der Waals surface area contributed by atoms with Crippen molar-refractivity contribution in [3.8, 4) is 0 Å². The van der Waals surface area contributed by atoms with Crippen molar-refractivity contribution >= 4 is 29.7 Å². The summed E-state index contributed by atoms with van der Waals surface area (Å²) < 4.78 is 38.5. The lowest BCUT2D eigenvalue weighted by Crippen LogP contribution is -2.71. The summed E-state index contributed by atoms with van der Waals surface area (Å²) in [7, 11) is 0. The highest BCUT2D eigenvalue weighted by Gasteiger charge is 2.61. The molecule has 1 unspecified atom stereocenters. The van der Waals surface area contributed by atoms with Crippen LogP contribution in [0.4, 0.5) is 0 Å². The van der Waals surface area contributed by atoms with Gasteiger partial charge in [-0.15, -0.1) is 0 Å². The average molecular weight is 966 g/mol. The van der Waals surface area contributed by atoms with Crippen LogP contribution in [0.15, 0.2) is 0 Å². The van der Waals surface area contributed by atoms with Crippen LogP contribution in [-0.2, 0) is 57.1 Å². The zero-order chi connectivity index (χ0) is 49.7. The number of ether oxygens (including phenoxy) is 7. The van der Waals surface area contributed by atoms with Gasteiger partial charge in [0, 0.05) is 33.6 Å². The van der Waals surface area contributed by atoms with Crippen LogP contribution in [0.5, 0.6) is 0 Å². The van der Waals surface area contributed by atoms with E-state index >= 15 is 0 Å². The van der Waals surface area contributed by atoms with Gasteiger partial charge in [-0.25, -0.2) is 9.59 Å². The van der Waals surface area contributed by atoms with Gasteiger partial charge in [-0.1, -0.05) is 0 Å². The van der Waals surface area contributed by atoms with Crippen LogP contribution in [0.2, 0.25) is 0 Å². The van der Waals surface area contributed by atoms with Crippen molar-refractivity contribution < 1.29 is 134 Å². The Kier molecular flexibility index (Phi) is 19.0. The second-order valence-electron chi connectivity index (χ2n) is 16.2. The Morgan fingerprint density at radius 2 is 1.06 bits per heavy atom. The molecule has 66 heavy (non-hydrogen) atoms. The van der Waals surface area contributed by atoms with Crippen LogP contribution < -0.4 is 16.0 Å². The van der Waals surface area contributed by atoms with E-state index < -0.39 is 203 Å². The average Bonchev–Trinajstić information content (AvgIpc) is 3.24. The lowest BCUT2D eigenvalue weighted by molar-refractivity contribution is -0.381. The molecule has 0 aliphatic carbocycles. The van der Waals surface area contributed by atoms with E-state index in [0.29, 0.717) is 0 Å². The van der Waals surface area contributed by atoms with Crippen molar-refractivity contribution in [2.24, 2.45) is 0 Å². The summed E-state index contributed by atoms with van der Waals surface area (Å²) >= 11 is 0. The van der Waals surface area contributed by atoms with E-state index in [1.165, 1.54) is 0 Å². The molecule has 0 aromatic rings. The van der Waals surface area contributed by atoms with E-state index in [1.54, 1.807) is 0 Å². The van der Waals surface area contributed by atoms with Crippen molar-refractivity contribution in [3.05, 3.63) is 0 Å². The number of carbonyl (C=O) groups excluding carboxylic acids is 3. The summed E-state index contributed by atoms with van der Waals surface area (Å²) in [6.45, 7) is -1.53. The predicted molar refractivity (Wildman–Crippen MR) is 203 cm³/mol. The predicted octanol–water partition coefficient (Wildman–Crippen LogP) is -10.9. The third-order valence-corrected chi connectivity index (χ3v) is 11.4. The van der Waals surface area contributed by atoms with E-state index in [0.717, 1.165) is 20.8 Å². The second-order valence-corrected chi connectivity index (χ2v) is 16.2. The van der Waals surface area contributed by atoms with Crippen molar-refractivity contribution in [1.82, 2.24) is 16.0 Å². The van der Waals surface area contributed by atoms with Gasteiger partial charge in [0.25, 0.3) is 11.6 Å². The van der Waals surface area contributed by atoms with Crippen LogP contribution in [0.3, 0.4) is 0 Å². The molecule has 4 fully saturated rings. The Bertz CT molecular complexity index is 1680. The topological polar surface area (TPSA) is 490 Å². The largest absolute Gasteiger partial charge is 0.477 e. The minimum Gasteiger partial charge on any atom is -0.477 e. The standard InChI is InChI=1S/C36H59N3O27/c1-10(43)37-19-13(46)4-35(33(56)57,64-28(19)22(50)15(48)6-40)60-9-16(49)23(51)29-20(38-11(2)44)14(47)5-36(65-29,34(58)59)66-30-25(53)18(8-42)62-32(26(30)54)63-27-21(39-12(3)45)31(55)61-17(7-41)24(27)52/h13-32,40-42,46-55H,4-9H2,1-3H3,(H,37,43)(H,38,44)(H,39,45)(H,56,57)(H,58,59)/t13-,14-,15+,16+,17+,18+,19+,20+,21+,22+,23+,24+,25-,26+,27+,28+,29+,30-,31?,32-,35+,36-/m0/s1. The second kappa shape index (κ2) is 22.8. The summed E-state index contributed by atoms with van der Waals surface area (Å²) in [5.41, 5.74) is 0. The van der Waals surface area contributed by atoms with Crippen LogP contribution in [0, 0.1) is 0 Å². The Morgan fingerprint density at radius 3 is 1.53 bits per heavy atom. The first-order valence-corrected chi connectivity index (χ1v) is 20.3. The highest BCUT2D eigenvalue weighted by molar-refractivity contribution is 5.77. The van der Waals surface area contributed by atoms with Gasteiger partial charge in [-0.05, 0) is 0 Å². The van der Waals surface area contributed by atoms with Crippen molar-refractivity contribution in [1.29, 1.82) is 0 Å². The first kappa shape index (κ1) is 55.1. The molecule has 3 amide bonds. The Labute approximate surface area is 373 Å². The van der Waals surface area contributed by atoms with Crippen LogP contribution in [0.1, 0.15) is 33.6 Å². The summed E-state index contributed by atoms with van der Waals surface area (Å²) in [4.78, 5) is 61.9. The Hall–Kier alpha value is -3.45. The maximum atomic E-state index is 13.1. The molecule has 0 bridgehead atoms. The fourth-order valence-corrected chi connectivity index (χ4v) is 8.05. The molecule has 4 aliphatic rings. The number of rotatable bonds is 19. The van der Waals surface area contributed by atoms with Gasteiger partial charge in [0.05, 0.1) is 50.7 Å². The number of hydrogen-bond donors (Lipinski definition) is 18. The zero-order valence-electron chi connectivity index (χ0n) is 35.4. The normalized spacial score (nSPS) is 41.4. The van der Waals surface area contributed by atoms with E-state index in [-0.39, 0.29) is 0 Å². The quantitative estimate of drug-likeness (QED) is 0.0571. The van der Waals surface area contributed by atoms with Crippen LogP contribution in [-0.4, -0.2) is 267 Å². The lowest BCUT2D eigenvalue weighted by atomic mass is 9.87. The molecule has 18 N–H and O–H groups in total. The number of aliphatic hydroxyl groups excluding tert-OH is 13. The molecule has 0 radical (unpaired) electrons. The van der Waals surface area contributed by atoms with Gasteiger partial charge in [-0.3, -0.25) is 14.4 Å². The lowest BCUT2D eigenvalue weighted by Gasteiger charge is -2.51. The van der Waals surface area contributed by atoms with Crippen molar-refractivity contribution in [2.45, 2.75) is 167 Å². The molecule has 30 nitrogen and oxygen atoms in total. The van der Waals surface area contributed by atoms with Crippen molar-refractivity contribution in [3.63, 3.8) is 0 Å². The summed E-state index contributed by atoms with van der Waals surface area (Å²) in [6, 6.07) is -5.10. The third-order valence-electron chi connectivity index (χ3n) is 11.4. The van der Waals surface area contributed by atoms with Gasteiger partial charge in [0.15, 0.2) is 12.6 Å². The number of nitrogens with one attached hydrogen (secondary N) is 3. The van der Waals surface area contributed by atoms with E-state index in [2.05, 4.69) is 16.0 Å². The first-order valence-electron chi connectivity index (χ1n) is 20.3. The molecule has 0 aromatic carbocycles.